The lowest BCUT2D eigenvalue weighted by Crippen LogP contribution is -2.32. The number of carbonyl (C=O) groups is 1. The molecule has 3 heterocycles. The van der Waals surface area contributed by atoms with Crippen LogP contribution in [-0.2, 0) is 9.53 Å². The van der Waals surface area contributed by atoms with Crippen LogP contribution in [-0.4, -0.2) is 43.2 Å². The number of aliphatic hydroxyl groups is 1. The summed E-state index contributed by atoms with van der Waals surface area (Å²) < 4.78 is 7.16. The van der Waals surface area contributed by atoms with Crippen LogP contribution < -0.4 is 11.3 Å². The molecular weight excluding hydrogens is 266 g/mol. The Kier molecular flexibility index (Phi) is 2.99. The van der Waals surface area contributed by atoms with E-state index in [2.05, 4.69) is 15.0 Å². The number of carbonyl (C=O) groups excluding carboxylic acids is 1. The maximum atomic E-state index is 11.6. The van der Waals surface area contributed by atoms with Crippen molar-refractivity contribution in [2.24, 2.45) is 11.7 Å². The number of nitrogens with one attached hydrogen (secondary N) is 1. The fraction of sp³-hybridized carbons (Fsp3) is 0.455. The van der Waals surface area contributed by atoms with Crippen LogP contribution in [0.2, 0.25) is 0 Å². The van der Waals surface area contributed by atoms with E-state index in [1.54, 1.807) is 4.57 Å². The van der Waals surface area contributed by atoms with Gasteiger partial charge in [0, 0.05) is 6.42 Å². The highest BCUT2D eigenvalue weighted by molar-refractivity contribution is 5.77. The first-order valence-corrected chi connectivity index (χ1v) is 6.07. The molecule has 3 atom stereocenters. The van der Waals surface area contributed by atoms with Crippen molar-refractivity contribution in [1.82, 2.24) is 19.5 Å². The summed E-state index contributed by atoms with van der Waals surface area (Å²) in [6.45, 7) is -0.301. The van der Waals surface area contributed by atoms with Gasteiger partial charge in [0.05, 0.1) is 31.3 Å². The predicted molar refractivity (Wildman–Crippen MR) is 66.4 cm³/mol. The van der Waals surface area contributed by atoms with Crippen LogP contribution in [0.1, 0.15) is 12.6 Å². The highest BCUT2D eigenvalue weighted by Crippen LogP contribution is 2.34. The quantitative estimate of drug-likeness (QED) is 0.625. The number of rotatable bonds is 3. The Labute approximate surface area is 112 Å². The molecule has 0 aromatic carbocycles. The summed E-state index contributed by atoms with van der Waals surface area (Å²) in [5.74, 6) is -1.11. The van der Waals surface area contributed by atoms with Crippen LogP contribution in [0, 0.1) is 5.92 Å². The summed E-state index contributed by atoms with van der Waals surface area (Å²) in [7, 11) is 0. The molecule has 0 bridgehead atoms. The molecule has 20 heavy (non-hydrogen) atoms. The van der Waals surface area contributed by atoms with Gasteiger partial charge in [0.1, 0.15) is 6.23 Å². The maximum absolute atomic E-state index is 11.6. The topological polar surface area (TPSA) is 136 Å². The molecule has 1 aliphatic rings. The molecule has 0 aliphatic carbocycles. The van der Waals surface area contributed by atoms with Crippen molar-refractivity contribution in [3.8, 4) is 0 Å². The average Bonchev–Trinajstić information content (AvgIpc) is 3.02. The first-order valence-electron chi connectivity index (χ1n) is 6.07. The van der Waals surface area contributed by atoms with Crippen molar-refractivity contribution in [2.45, 2.75) is 18.8 Å². The lowest BCUT2D eigenvalue weighted by atomic mass is 10.0. The number of aliphatic hydroxyl groups excluding tert-OH is 1. The summed E-state index contributed by atoms with van der Waals surface area (Å²) in [4.78, 5) is 33.4. The Morgan fingerprint density at radius 1 is 1.60 bits per heavy atom. The highest BCUT2D eigenvalue weighted by Gasteiger charge is 2.39. The minimum Gasteiger partial charge on any atom is -0.394 e. The molecule has 106 valence electrons. The molecule has 9 heteroatoms. The SMILES string of the molecule is NC(=O)[C@H]1C[C@H](n2cnc3c(=O)[nH]cnc32)O[C@@H]1CO. The first-order chi connectivity index (χ1) is 9.61. The number of amides is 1. The van der Waals surface area contributed by atoms with Crippen LogP contribution in [0.15, 0.2) is 17.4 Å². The Bertz CT molecular complexity index is 708. The summed E-state index contributed by atoms with van der Waals surface area (Å²) in [5, 5.41) is 9.23. The van der Waals surface area contributed by atoms with Gasteiger partial charge in [0.2, 0.25) is 5.91 Å². The van der Waals surface area contributed by atoms with E-state index in [0.717, 1.165) is 0 Å². The van der Waals surface area contributed by atoms with Crippen LogP contribution in [0.4, 0.5) is 0 Å². The minimum absolute atomic E-state index is 0.194. The molecule has 0 radical (unpaired) electrons. The third-order valence-corrected chi connectivity index (χ3v) is 3.46. The number of fused-ring (bicyclic) bond motifs is 1. The van der Waals surface area contributed by atoms with Crippen LogP contribution in [0.25, 0.3) is 11.2 Å². The smallest absolute Gasteiger partial charge is 0.278 e. The average molecular weight is 279 g/mol. The van der Waals surface area contributed by atoms with E-state index in [0.29, 0.717) is 12.1 Å². The molecule has 1 amide bonds. The zero-order chi connectivity index (χ0) is 14.3. The predicted octanol–water partition coefficient (Wildman–Crippen LogP) is -1.50. The molecule has 0 saturated carbocycles. The number of aromatic amines is 1. The number of ether oxygens (including phenoxy) is 1. The monoisotopic (exact) mass is 279 g/mol. The number of H-pyrrole nitrogens is 1. The zero-order valence-corrected chi connectivity index (χ0v) is 10.4. The number of primary amides is 1. The summed E-state index contributed by atoms with van der Waals surface area (Å²) in [6, 6.07) is 0. The Morgan fingerprint density at radius 3 is 3.05 bits per heavy atom. The lowest BCUT2D eigenvalue weighted by molar-refractivity contribution is -0.124. The van der Waals surface area contributed by atoms with Crippen molar-refractivity contribution in [3.05, 3.63) is 23.0 Å². The molecule has 9 nitrogen and oxygen atoms in total. The Hall–Kier alpha value is -2.26. The van der Waals surface area contributed by atoms with E-state index >= 15 is 0 Å². The van der Waals surface area contributed by atoms with Crippen molar-refractivity contribution < 1.29 is 14.6 Å². The summed E-state index contributed by atoms with van der Waals surface area (Å²) in [5.41, 5.74) is 5.50. The molecule has 4 N–H and O–H groups in total. The summed E-state index contributed by atoms with van der Waals surface area (Å²) in [6.07, 6.45) is 1.81. The van der Waals surface area contributed by atoms with E-state index < -0.39 is 24.2 Å². The number of hydrogen-bond acceptors (Lipinski definition) is 6. The maximum Gasteiger partial charge on any atom is 0.278 e. The third kappa shape index (κ3) is 1.87. The molecule has 1 aliphatic heterocycles. The largest absolute Gasteiger partial charge is 0.394 e. The van der Waals surface area contributed by atoms with Crippen molar-refractivity contribution in [1.29, 1.82) is 0 Å². The summed E-state index contributed by atoms with van der Waals surface area (Å²) >= 11 is 0. The number of hydrogen-bond donors (Lipinski definition) is 3. The van der Waals surface area contributed by atoms with E-state index in [9.17, 15) is 14.7 Å². The van der Waals surface area contributed by atoms with Crippen LogP contribution in [0.5, 0.6) is 0 Å². The number of imidazole rings is 1. The molecule has 1 fully saturated rings. The fourth-order valence-corrected chi connectivity index (χ4v) is 2.44. The molecule has 2 aromatic rings. The van der Waals surface area contributed by atoms with Gasteiger partial charge in [-0.1, -0.05) is 0 Å². The molecule has 1 saturated heterocycles. The second-order valence-electron chi connectivity index (χ2n) is 4.61. The van der Waals surface area contributed by atoms with Gasteiger partial charge in [0.25, 0.3) is 5.56 Å². The van der Waals surface area contributed by atoms with Gasteiger partial charge in [-0.05, 0) is 0 Å². The number of nitrogens with zero attached hydrogens (tertiary/aromatic N) is 3. The number of nitrogens with two attached hydrogens (primary N) is 1. The normalized spacial score (nSPS) is 26.1. The van der Waals surface area contributed by atoms with Gasteiger partial charge in [0.15, 0.2) is 11.2 Å². The van der Waals surface area contributed by atoms with Gasteiger partial charge >= 0.3 is 0 Å². The second-order valence-corrected chi connectivity index (χ2v) is 4.61. The molecule has 3 rings (SSSR count). The van der Waals surface area contributed by atoms with E-state index in [4.69, 9.17) is 10.5 Å². The van der Waals surface area contributed by atoms with E-state index in [1.807, 2.05) is 0 Å². The van der Waals surface area contributed by atoms with E-state index in [-0.39, 0.29) is 17.7 Å². The first kappa shape index (κ1) is 12.8. The second kappa shape index (κ2) is 4.69. The van der Waals surface area contributed by atoms with Gasteiger partial charge in [-0.2, -0.15) is 0 Å². The van der Waals surface area contributed by atoms with Crippen LogP contribution >= 0.6 is 0 Å². The molecular formula is C11H13N5O4. The zero-order valence-electron chi connectivity index (χ0n) is 10.4. The van der Waals surface area contributed by atoms with Crippen LogP contribution in [0.3, 0.4) is 0 Å². The van der Waals surface area contributed by atoms with Gasteiger partial charge in [-0.25, -0.2) is 9.97 Å². The molecule has 0 unspecified atom stereocenters. The highest BCUT2D eigenvalue weighted by atomic mass is 16.5. The van der Waals surface area contributed by atoms with Crippen molar-refractivity contribution in [3.63, 3.8) is 0 Å². The fourth-order valence-electron chi connectivity index (χ4n) is 2.44. The third-order valence-electron chi connectivity index (χ3n) is 3.46. The van der Waals surface area contributed by atoms with E-state index in [1.165, 1.54) is 12.7 Å². The lowest BCUT2D eigenvalue weighted by Gasteiger charge is -2.13. The van der Waals surface area contributed by atoms with Gasteiger partial charge in [-0.15, -0.1) is 0 Å². The Morgan fingerprint density at radius 2 is 2.40 bits per heavy atom. The van der Waals surface area contributed by atoms with Crippen molar-refractivity contribution >= 4 is 17.1 Å². The Balaban J connectivity index is 1.99. The van der Waals surface area contributed by atoms with Gasteiger partial charge in [-0.3, -0.25) is 14.2 Å². The standard InChI is InChI=1S/C11H13N5O4/c12-9(18)5-1-7(20-6(5)2-17)16-4-15-8-10(16)13-3-14-11(8)19/h3-7,17H,1-2H2,(H2,12,18)(H,13,14,19)/t5-,6+,7+/m0/s1. The minimum atomic E-state index is -0.656. The number of aromatic nitrogens is 4. The molecule has 2 aromatic heterocycles. The van der Waals surface area contributed by atoms with Gasteiger partial charge < -0.3 is 20.6 Å². The van der Waals surface area contributed by atoms with Crippen molar-refractivity contribution in [2.75, 3.05) is 6.61 Å². The molecule has 0 spiro atoms.